The molecule has 170 valence electrons. The number of urea groups is 1. The monoisotopic (exact) mass is 444 g/mol. The largest absolute Gasteiger partial charge is 0.336 e. The van der Waals surface area contributed by atoms with Crippen molar-refractivity contribution in [2.24, 2.45) is 0 Å². The van der Waals surface area contributed by atoms with Crippen molar-refractivity contribution >= 4 is 28.6 Å². The number of piperazine rings is 1. The van der Waals surface area contributed by atoms with Gasteiger partial charge in [-0.25, -0.2) is 4.79 Å². The number of amides is 4. The van der Waals surface area contributed by atoms with Gasteiger partial charge in [-0.3, -0.25) is 19.8 Å². The van der Waals surface area contributed by atoms with Crippen LogP contribution in [0.1, 0.15) is 22.8 Å². The summed E-state index contributed by atoms with van der Waals surface area (Å²) in [5, 5.41) is 7.10. The van der Waals surface area contributed by atoms with Crippen molar-refractivity contribution in [1.29, 1.82) is 0 Å². The lowest BCUT2D eigenvalue weighted by Crippen LogP contribution is -2.56. The smallest absolute Gasteiger partial charge is 0.321 e. The Balaban J connectivity index is 1.28. The molecule has 1 aliphatic rings. The number of nitrogens with one attached hydrogen (secondary N) is 2. The number of imide groups is 1. The molecule has 4 amide bonds. The van der Waals surface area contributed by atoms with Crippen LogP contribution in [-0.4, -0.2) is 59.9 Å². The van der Waals surface area contributed by atoms with Crippen LogP contribution in [0.15, 0.2) is 72.8 Å². The molecule has 0 aromatic heterocycles. The highest BCUT2D eigenvalue weighted by molar-refractivity contribution is 6.07. The second-order valence-electron chi connectivity index (χ2n) is 8.19. The molecule has 33 heavy (non-hydrogen) atoms. The first-order valence-electron chi connectivity index (χ1n) is 11.2. The number of hydrogen-bond donors (Lipinski definition) is 2. The maximum atomic E-state index is 13.1. The number of hydrogen-bond acceptors (Lipinski definition) is 4. The summed E-state index contributed by atoms with van der Waals surface area (Å²) in [4.78, 5) is 41.6. The molecule has 7 nitrogen and oxygen atoms in total. The van der Waals surface area contributed by atoms with Gasteiger partial charge in [0.05, 0.1) is 6.04 Å². The molecule has 3 aromatic rings. The van der Waals surface area contributed by atoms with Gasteiger partial charge < -0.3 is 10.2 Å². The zero-order valence-corrected chi connectivity index (χ0v) is 18.7. The van der Waals surface area contributed by atoms with Crippen molar-refractivity contribution in [3.63, 3.8) is 0 Å². The molecule has 1 unspecified atom stereocenters. The Kier molecular flexibility index (Phi) is 7.00. The highest BCUT2D eigenvalue weighted by atomic mass is 16.2. The van der Waals surface area contributed by atoms with Gasteiger partial charge in [-0.05, 0) is 29.3 Å². The fourth-order valence-electron chi connectivity index (χ4n) is 4.10. The van der Waals surface area contributed by atoms with Gasteiger partial charge >= 0.3 is 6.03 Å². The molecule has 0 saturated carbocycles. The summed E-state index contributed by atoms with van der Waals surface area (Å²) in [5.41, 5.74) is 1.66. The Morgan fingerprint density at radius 1 is 0.848 bits per heavy atom. The van der Waals surface area contributed by atoms with Crippen molar-refractivity contribution in [3.8, 4) is 0 Å². The van der Waals surface area contributed by atoms with E-state index in [0.29, 0.717) is 38.3 Å². The van der Waals surface area contributed by atoms with Crippen LogP contribution in [0.2, 0.25) is 0 Å². The highest BCUT2D eigenvalue weighted by Crippen LogP contribution is 2.21. The van der Waals surface area contributed by atoms with Crippen molar-refractivity contribution in [2.45, 2.75) is 19.5 Å². The first kappa shape index (κ1) is 22.5. The summed E-state index contributed by atoms with van der Waals surface area (Å²) in [6.45, 7) is 4.32. The molecule has 0 aliphatic carbocycles. The van der Waals surface area contributed by atoms with Gasteiger partial charge in [-0.1, -0.05) is 66.7 Å². The molecule has 1 fully saturated rings. The predicted molar refractivity (Wildman–Crippen MR) is 128 cm³/mol. The second-order valence-corrected chi connectivity index (χ2v) is 8.19. The second kappa shape index (κ2) is 10.3. The first-order valence-corrected chi connectivity index (χ1v) is 11.2. The normalized spacial score (nSPS) is 15.1. The number of nitrogens with zero attached hydrogens (tertiary/aromatic N) is 2. The average Bonchev–Trinajstić information content (AvgIpc) is 2.87. The third kappa shape index (κ3) is 5.38. The van der Waals surface area contributed by atoms with Gasteiger partial charge in [0.25, 0.3) is 5.91 Å². The maximum absolute atomic E-state index is 13.1. The first-order chi connectivity index (χ1) is 16.0. The summed E-state index contributed by atoms with van der Waals surface area (Å²) in [7, 11) is 0. The molecule has 1 atom stereocenters. The van der Waals surface area contributed by atoms with Crippen LogP contribution in [0.25, 0.3) is 10.8 Å². The number of carbonyl (C=O) groups excluding carboxylic acids is 3. The van der Waals surface area contributed by atoms with Gasteiger partial charge in [-0.2, -0.15) is 0 Å². The van der Waals surface area contributed by atoms with Gasteiger partial charge in [0, 0.05) is 38.3 Å². The van der Waals surface area contributed by atoms with E-state index in [1.54, 1.807) is 6.92 Å². The number of benzene rings is 3. The Bertz CT molecular complexity index is 1140. The Morgan fingerprint density at radius 2 is 1.52 bits per heavy atom. The van der Waals surface area contributed by atoms with Gasteiger partial charge in [0.2, 0.25) is 5.91 Å². The predicted octanol–water partition coefficient (Wildman–Crippen LogP) is 3.01. The molecule has 0 bridgehead atoms. The number of carbonyl (C=O) groups is 3. The van der Waals surface area contributed by atoms with Crippen molar-refractivity contribution in [3.05, 3.63) is 83.9 Å². The van der Waals surface area contributed by atoms with Crippen LogP contribution in [0.3, 0.4) is 0 Å². The van der Waals surface area contributed by atoms with E-state index in [4.69, 9.17) is 0 Å². The van der Waals surface area contributed by atoms with Crippen LogP contribution in [0, 0.1) is 0 Å². The minimum atomic E-state index is -0.513. The highest BCUT2D eigenvalue weighted by Gasteiger charge is 2.29. The van der Waals surface area contributed by atoms with Crippen LogP contribution in [-0.2, 0) is 11.3 Å². The molecule has 0 spiro atoms. The third-order valence-corrected chi connectivity index (χ3v) is 6.08. The van der Waals surface area contributed by atoms with Crippen molar-refractivity contribution in [1.82, 2.24) is 20.4 Å². The molecule has 1 heterocycles. The SMILES string of the molecule is CC(C(=O)NC(=O)NCc1ccccc1)N1CCN(C(=O)c2cccc3ccccc23)CC1. The van der Waals surface area contributed by atoms with E-state index in [0.717, 1.165) is 16.3 Å². The van der Waals surface area contributed by atoms with Gasteiger partial charge in [0.15, 0.2) is 0 Å². The summed E-state index contributed by atoms with van der Waals surface area (Å²) < 4.78 is 0. The Hall–Kier alpha value is -3.71. The number of rotatable bonds is 5. The molecular formula is C26H28N4O3. The lowest BCUT2D eigenvalue weighted by Gasteiger charge is -2.37. The lowest BCUT2D eigenvalue weighted by molar-refractivity contribution is -0.125. The summed E-state index contributed by atoms with van der Waals surface area (Å²) in [6, 6.07) is 22.2. The van der Waals surface area contributed by atoms with E-state index in [2.05, 4.69) is 10.6 Å². The summed E-state index contributed by atoms with van der Waals surface area (Å²) in [6.07, 6.45) is 0. The molecular weight excluding hydrogens is 416 g/mol. The minimum Gasteiger partial charge on any atom is -0.336 e. The zero-order chi connectivity index (χ0) is 23.2. The van der Waals surface area contributed by atoms with E-state index >= 15 is 0 Å². The third-order valence-electron chi connectivity index (χ3n) is 6.08. The average molecular weight is 445 g/mol. The standard InChI is InChI=1S/C26H28N4O3/c1-19(24(31)28-26(33)27-18-20-8-3-2-4-9-20)29-14-16-30(17-15-29)25(32)23-13-7-11-21-10-5-6-12-22(21)23/h2-13,19H,14-18H2,1H3,(H2,27,28,31,33). The summed E-state index contributed by atoms with van der Waals surface area (Å²) in [5.74, 6) is -0.349. The van der Waals surface area contributed by atoms with Crippen LogP contribution in [0.5, 0.6) is 0 Å². The van der Waals surface area contributed by atoms with Crippen molar-refractivity contribution in [2.75, 3.05) is 26.2 Å². The van der Waals surface area contributed by atoms with E-state index in [1.807, 2.05) is 82.6 Å². The molecule has 7 heteroatoms. The quantitative estimate of drug-likeness (QED) is 0.634. The van der Waals surface area contributed by atoms with Crippen LogP contribution in [0.4, 0.5) is 4.79 Å². The van der Waals surface area contributed by atoms with E-state index in [9.17, 15) is 14.4 Å². The van der Waals surface area contributed by atoms with E-state index < -0.39 is 12.1 Å². The van der Waals surface area contributed by atoms with Gasteiger partial charge in [-0.15, -0.1) is 0 Å². The number of fused-ring (bicyclic) bond motifs is 1. The molecule has 1 aliphatic heterocycles. The minimum absolute atomic E-state index is 0.00356. The fourth-order valence-corrected chi connectivity index (χ4v) is 4.10. The Morgan fingerprint density at radius 3 is 2.27 bits per heavy atom. The fraction of sp³-hybridized carbons (Fsp3) is 0.269. The molecule has 2 N–H and O–H groups in total. The molecule has 1 saturated heterocycles. The Labute approximate surface area is 193 Å². The lowest BCUT2D eigenvalue weighted by atomic mass is 10.0. The van der Waals surface area contributed by atoms with E-state index in [1.165, 1.54) is 0 Å². The molecule has 4 rings (SSSR count). The van der Waals surface area contributed by atoms with Crippen LogP contribution < -0.4 is 10.6 Å². The van der Waals surface area contributed by atoms with E-state index in [-0.39, 0.29) is 11.8 Å². The topological polar surface area (TPSA) is 81.8 Å². The summed E-state index contributed by atoms with van der Waals surface area (Å²) >= 11 is 0. The van der Waals surface area contributed by atoms with Gasteiger partial charge in [0.1, 0.15) is 0 Å². The van der Waals surface area contributed by atoms with Crippen molar-refractivity contribution < 1.29 is 14.4 Å². The maximum Gasteiger partial charge on any atom is 0.321 e. The molecule has 0 radical (unpaired) electrons. The van der Waals surface area contributed by atoms with Crippen LogP contribution >= 0.6 is 0 Å². The molecule has 3 aromatic carbocycles. The zero-order valence-electron chi connectivity index (χ0n) is 18.7.